The van der Waals surface area contributed by atoms with Crippen molar-refractivity contribution in [2.45, 2.75) is 73.1 Å². The van der Waals surface area contributed by atoms with E-state index in [1.54, 1.807) is 0 Å². The molecule has 0 amide bonds. The Morgan fingerprint density at radius 2 is 0.935 bits per heavy atom. The Kier molecular flexibility index (Phi) is 10.0. The first kappa shape index (κ1) is 39.6. The van der Waals surface area contributed by atoms with Gasteiger partial charge < -0.3 is 9.80 Å². The summed E-state index contributed by atoms with van der Waals surface area (Å²) in [5, 5.41) is 0. The summed E-state index contributed by atoms with van der Waals surface area (Å²) in [7, 11) is 0. The molecule has 0 aromatic heterocycles. The monoisotopic (exact) mass is 802 g/mol. The number of rotatable bonds is 8. The Balaban J connectivity index is 1.26. The highest BCUT2D eigenvalue weighted by atomic mass is 15.2. The molecule has 3 heteroatoms. The van der Waals surface area contributed by atoms with E-state index in [-0.39, 0.29) is 6.71 Å². The van der Waals surface area contributed by atoms with E-state index in [4.69, 9.17) is 0 Å². The van der Waals surface area contributed by atoms with Gasteiger partial charge in [-0.1, -0.05) is 157 Å². The number of hydrogen-bond acceptors (Lipinski definition) is 2. The molecule has 0 unspecified atom stereocenters. The largest absolute Gasteiger partial charge is 0.311 e. The average molecular weight is 803 g/mol. The summed E-state index contributed by atoms with van der Waals surface area (Å²) in [5.74, 6) is 1.32. The number of fused-ring (bicyclic) bond motifs is 4. The van der Waals surface area contributed by atoms with E-state index in [2.05, 4.69) is 235 Å². The van der Waals surface area contributed by atoms with Crippen LogP contribution in [0.25, 0.3) is 33.4 Å². The van der Waals surface area contributed by atoms with Crippen LogP contribution in [-0.4, -0.2) is 6.71 Å². The highest BCUT2D eigenvalue weighted by Crippen LogP contribution is 2.47. The molecule has 8 aromatic rings. The third-order valence-corrected chi connectivity index (χ3v) is 13.4. The van der Waals surface area contributed by atoms with E-state index in [1.807, 2.05) is 0 Å². The van der Waals surface area contributed by atoms with Crippen molar-refractivity contribution >= 4 is 57.2 Å². The van der Waals surface area contributed by atoms with Crippen LogP contribution in [0.2, 0.25) is 0 Å². The van der Waals surface area contributed by atoms with Gasteiger partial charge in [0.15, 0.2) is 0 Å². The van der Waals surface area contributed by atoms with Crippen molar-refractivity contribution in [1.29, 1.82) is 0 Å². The Hall–Kier alpha value is -6.58. The summed E-state index contributed by atoms with van der Waals surface area (Å²) in [6.07, 6.45) is 0. The smallest absolute Gasteiger partial charge is 0.252 e. The van der Waals surface area contributed by atoms with Crippen molar-refractivity contribution in [2.75, 3.05) is 9.80 Å². The van der Waals surface area contributed by atoms with Crippen LogP contribution >= 0.6 is 0 Å². The van der Waals surface area contributed by atoms with Gasteiger partial charge in [0.1, 0.15) is 0 Å². The first-order chi connectivity index (χ1) is 30.0. The maximum Gasteiger partial charge on any atom is 0.252 e. The third-order valence-electron chi connectivity index (χ3n) is 13.4. The minimum absolute atomic E-state index is 0.0391. The van der Waals surface area contributed by atoms with Crippen LogP contribution in [0.15, 0.2) is 170 Å². The van der Waals surface area contributed by atoms with Crippen molar-refractivity contribution in [3.05, 3.63) is 198 Å². The Morgan fingerprint density at radius 3 is 1.60 bits per heavy atom. The van der Waals surface area contributed by atoms with Crippen molar-refractivity contribution in [2.24, 2.45) is 0 Å². The summed E-state index contributed by atoms with van der Waals surface area (Å²) >= 11 is 0. The van der Waals surface area contributed by atoms with Crippen LogP contribution < -0.4 is 26.2 Å². The molecule has 2 aliphatic heterocycles. The predicted octanol–water partition coefficient (Wildman–Crippen LogP) is 14.8. The number of aryl methyl sites for hydroxylation is 2. The molecule has 0 spiro atoms. The minimum Gasteiger partial charge on any atom is -0.311 e. The lowest BCUT2D eigenvalue weighted by Crippen LogP contribution is -2.61. The molecule has 0 aliphatic carbocycles. The van der Waals surface area contributed by atoms with Gasteiger partial charge >= 0.3 is 0 Å². The van der Waals surface area contributed by atoms with Gasteiger partial charge in [0.05, 0.1) is 0 Å². The SMILES string of the molecule is Cc1cc2c3c(c1)N(c1ccc(C(C)C)cc1)c1cc(-c4ccc(C(C)C)cc4)ccc1B3c1cc(C(C)C)ccc1N2c1cc(-c2ccccc2)cc(-c2ccccc2C)c1. The zero-order chi connectivity index (χ0) is 42.8. The highest BCUT2D eigenvalue weighted by Gasteiger charge is 2.44. The molecule has 0 N–H and O–H groups in total. The zero-order valence-electron chi connectivity index (χ0n) is 37.4. The van der Waals surface area contributed by atoms with Crippen molar-refractivity contribution in [3.8, 4) is 33.4 Å². The number of anilines is 6. The van der Waals surface area contributed by atoms with Gasteiger partial charge in [-0.25, -0.2) is 0 Å². The summed E-state index contributed by atoms with van der Waals surface area (Å²) in [6.45, 7) is 18.2. The highest BCUT2D eigenvalue weighted by molar-refractivity contribution is 7.00. The average Bonchev–Trinajstić information content (AvgIpc) is 3.28. The lowest BCUT2D eigenvalue weighted by Gasteiger charge is -2.45. The van der Waals surface area contributed by atoms with Gasteiger partial charge in [-0.2, -0.15) is 0 Å². The van der Waals surface area contributed by atoms with E-state index in [0.717, 1.165) is 5.69 Å². The second-order valence-corrected chi connectivity index (χ2v) is 18.5. The first-order valence-corrected chi connectivity index (χ1v) is 22.5. The second-order valence-electron chi connectivity index (χ2n) is 18.5. The molecule has 304 valence electrons. The van der Waals surface area contributed by atoms with E-state index in [0.29, 0.717) is 17.8 Å². The fourth-order valence-electron chi connectivity index (χ4n) is 9.91. The maximum absolute atomic E-state index is 2.58. The Morgan fingerprint density at radius 1 is 0.371 bits per heavy atom. The molecule has 10 rings (SSSR count). The number of hydrogen-bond donors (Lipinski definition) is 0. The summed E-state index contributed by atoms with van der Waals surface area (Å²) < 4.78 is 0. The van der Waals surface area contributed by atoms with E-state index in [9.17, 15) is 0 Å². The fourth-order valence-corrected chi connectivity index (χ4v) is 9.91. The van der Waals surface area contributed by atoms with Crippen molar-refractivity contribution in [1.82, 2.24) is 0 Å². The predicted molar refractivity (Wildman–Crippen MR) is 269 cm³/mol. The summed E-state index contributed by atoms with van der Waals surface area (Å²) in [4.78, 5) is 5.13. The molecular formula is C59H55BN2. The molecule has 0 fully saturated rings. The third kappa shape index (κ3) is 6.85. The first-order valence-electron chi connectivity index (χ1n) is 22.5. The number of nitrogens with zero attached hydrogens (tertiary/aromatic N) is 2. The summed E-state index contributed by atoms with van der Waals surface area (Å²) in [6, 6.07) is 64.7. The Bertz CT molecular complexity index is 2960. The zero-order valence-corrected chi connectivity index (χ0v) is 37.4. The quantitative estimate of drug-likeness (QED) is 0.141. The molecule has 0 saturated carbocycles. The maximum atomic E-state index is 2.58. The van der Waals surface area contributed by atoms with E-state index in [1.165, 1.54) is 106 Å². The molecule has 2 heterocycles. The van der Waals surface area contributed by atoms with Gasteiger partial charge in [-0.3, -0.25) is 0 Å². The molecule has 0 radical (unpaired) electrons. The molecule has 0 atom stereocenters. The van der Waals surface area contributed by atoms with Crippen LogP contribution in [0, 0.1) is 13.8 Å². The molecular weight excluding hydrogens is 747 g/mol. The van der Waals surface area contributed by atoms with Gasteiger partial charge in [0.25, 0.3) is 6.71 Å². The van der Waals surface area contributed by atoms with Gasteiger partial charge in [0, 0.05) is 34.1 Å². The van der Waals surface area contributed by atoms with Crippen LogP contribution in [0.3, 0.4) is 0 Å². The summed E-state index contributed by atoms with van der Waals surface area (Å²) in [5.41, 5.74) is 25.2. The van der Waals surface area contributed by atoms with Gasteiger partial charge in [-0.05, 0) is 164 Å². The van der Waals surface area contributed by atoms with Crippen molar-refractivity contribution in [3.63, 3.8) is 0 Å². The lowest BCUT2D eigenvalue weighted by molar-refractivity contribution is 0.866. The molecule has 2 nitrogen and oxygen atoms in total. The van der Waals surface area contributed by atoms with E-state index >= 15 is 0 Å². The van der Waals surface area contributed by atoms with Gasteiger partial charge in [0.2, 0.25) is 0 Å². The molecule has 62 heavy (non-hydrogen) atoms. The van der Waals surface area contributed by atoms with Crippen LogP contribution in [-0.2, 0) is 0 Å². The topological polar surface area (TPSA) is 6.48 Å². The molecule has 0 saturated heterocycles. The van der Waals surface area contributed by atoms with Gasteiger partial charge in [-0.15, -0.1) is 0 Å². The van der Waals surface area contributed by atoms with Crippen LogP contribution in [0.1, 0.15) is 87.1 Å². The van der Waals surface area contributed by atoms with Crippen LogP contribution in [0.5, 0.6) is 0 Å². The van der Waals surface area contributed by atoms with E-state index < -0.39 is 0 Å². The van der Waals surface area contributed by atoms with Crippen molar-refractivity contribution < 1.29 is 0 Å². The molecule has 8 aromatic carbocycles. The second kappa shape index (κ2) is 15.7. The minimum atomic E-state index is 0.0391. The molecule has 2 aliphatic rings. The lowest BCUT2D eigenvalue weighted by atomic mass is 9.33. The standard InChI is InChI=1S/C59H55BN2/c1-37(2)42-18-20-45(21-19-42)47-24-28-53-56(36-47)61(50-26-22-43(23-27-50)38(3)4)57-30-40(7)31-58-59(57)60(53)54-35-46(39(5)6)25-29-55(54)62(58)51-33-48(44-15-10-9-11-16-44)32-49(34-51)52-17-13-12-14-41(52)8/h9-39H,1-8H3. The Labute approximate surface area is 369 Å². The van der Waals surface area contributed by atoms with Crippen LogP contribution in [0.4, 0.5) is 34.1 Å². The normalized spacial score (nSPS) is 12.9. The fraction of sp³-hybridized carbons (Fsp3) is 0.186. The number of benzene rings is 8. The molecule has 0 bridgehead atoms.